The van der Waals surface area contributed by atoms with Crippen LogP contribution in [0.5, 0.6) is 0 Å². The number of thiocarbonyl (C=S) groups is 1. The molecule has 4 heterocycles. The summed E-state index contributed by atoms with van der Waals surface area (Å²) in [4.78, 5) is 21.5. The molecule has 7 rings (SSSR count). The summed E-state index contributed by atoms with van der Waals surface area (Å²) in [6.45, 7) is 1.87. The zero-order valence-electron chi connectivity index (χ0n) is 19.4. The Morgan fingerprint density at radius 1 is 0.778 bits per heavy atom. The molecule has 1 aliphatic rings. The molecule has 0 aliphatic carbocycles. The zero-order chi connectivity index (χ0) is 24.1. The Hall–Kier alpha value is -4.23. The third-order valence-electron chi connectivity index (χ3n) is 7.02. The lowest BCUT2D eigenvalue weighted by Crippen LogP contribution is -2.32. The van der Waals surface area contributed by atoms with Gasteiger partial charge in [0.15, 0.2) is 5.11 Å². The van der Waals surface area contributed by atoms with Gasteiger partial charge in [0.05, 0.1) is 22.1 Å². The fourth-order valence-corrected chi connectivity index (χ4v) is 5.51. The summed E-state index contributed by atoms with van der Waals surface area (Å²) >= 11 is 5.78. The summed E-state index contributed by atoms with van der Waals surface area (Å²) in [5.41, 5.74) is 7.08. The minimum Gasteiger partial charge on any atom is -0.348 e. The van der Waals surface area contributed by atoms with E-state index in [4.69, 9.17) is 22.2 Å². The number of nitrogens with one attached hydrogen (secondary N) is 1. The van der Waals surface area contributed by atoms with E-state index < -0.39 is 0 Å². The summed E-state index contributed by atoms with van der Waals surface area (Å²) in [6.07, 6.45) is 4.69. The Balaban J connectivity index is 1.24. The number of hydrogen-bond donors (Lipinski definition) is 1. The van der Waals surface area contributed by atoms with Gasteiger partial charge in [-0.25, -0.2) is 9.97 Å². The molecule has 6 aromatic rings. The molecule has 6 nitrogen and oxygen atoms in total. The van der Waals surface area contributed by atoms with Crippen LogP contribution >= 0.6 is 12.2 Å². The Morgan fingerprint density at radius 2 is 1.47 bits per heavy atom. The summed E-state index contributed by atoms with van der Waals surface area (Å²) in [7, 11) is 0. The van der Waals surface area contributed by atoms with Crippen molar-refractivity contribution in [1.29, 1.82) is 0 Å². The summed E-state index contributed by atoms with van der Waals surface area (Å²) in [5.74, 6) is 0.504. The second kappa shape index (κ2) is 8.46. The van der Waals surface area contributed by atoms with Crippen LogP contribution in [0.4, 0.5) is 5.69 Å². The van der Waals surface area contributed by atoms with Gasteiger partial charge in [0.2, 0.25) is 0 Å². The molecule has 0 bridgehead atoms. The lowest BCUT2D eigenvalue weighted by atomic mass is 9.99. The summed E-state index contributed by atoms with van der Waals surface area (Å²) in [5, 5.41) is 6.22. The van der Waals surface area contributed by atoms with Gasteiger partial charge in [-0.15, -0.1) is 0 Å². The molecule has 36 heavy (non-hydrogen) atoms. The predicted octanol–water partition coefficient (Wildman–Crippen LogP) is 6.07. The van der Waals surface area contributed by atoms with Gasteiger partial charge in [0, 0.05) is 47.9 Å². The van der Waals surface area contributed by atoms with Crippen LogP contribution in [0.25, 0.3) is 43.9 Å². The Labute approximate surface area is 213 Å². The number of pyridine rings is 2. The third-order valence-corrected chi connectivity index (χ3v) is 7.38. The van der Waals surface area contributed by atoms with Gasteiger partial charge in [-0.2, -0.15) is 0 Å². The fraction of sp³-hybridized carbons (Fsp3) is 0.138. The molecule has 0 unspecified atom stereocenters. The van der Waals surface area contributed by atoms with Gasteiger partial charge >= 0.3 is 0 Å². The van der Waals surface area contributed by atoms with Crippen molar-refractivity contribution >= 4 is 66.9 Å². The van der Waals surface area contributed by atoms with E-state index in [-0.39, 0.29) is 0 Å². The van der Waals surface area contributed by atoms with E-state index in [0.717, 1.165) is 74.2 Å². The maximum atomic E-state index is 5.78. The van der Waals surface area contributed by atoms with Crippen LogP contribution in [-0.4, -0.2) is 43.0 Å². The van der Waals surface area contributed by atoms with E-state index in [0.29, 0.717) is 5.92 Å². The van der Waals surface area contributed by atoms with E-state index in [1.165, 1.54) is 5.56 Å². The average molecular weight is 487 g/mol. The highest BCUT2D eigenvalue weighted by molar-refractivity contribution is 7.80. The van der Waals surface area contributed by atoms with Crippen molar-refractivity contribution in [2.75, 3.05) is 18.4 Å². The van der Waals surface area contributed by atoms with Gasteiger partial charge in [-0.1, -0.05) is 42.5 Å². The Morgan fingerprint density at radius 3 is 2.19 bits per heavy atom. The maximum absolute atomic E-state index is 5.78. The first-order chi connectivity index (χ1) is 17.7. The van der Waals surface area contributed by atoms with Gasteiger partial charge < -0.3 is 10.2 Å². The quantitative estimate of drug-likeness (QED) is 0.181. The molecule has 1 fully saturated rings. The average Bonchev–Trinajstić information content (AvgIpc) is 3.44. The molecule has 0 saturated carbocycles. The first-order valence-electron chi connectivity index (χ1n) is 12.1. The number of aromatic nitrogens is 4. The second-order valence-electron chi connectivity index (χ2n) is 9.20. The largest absolute Gasteiger partial charge is 0.348 e. The highest BCUT2D eigenvalue weighted by Crippen LogP contribution is 2.32. The van der Waals surface area contributed by atoms with Crippen LogP contribution in [0.3, 0.4) is 0 Å². The summed E-state index contributed by atoms with van der Waals surface area (Å²) in [6, 6.07) is 24.7. The number of fused-ring (bicyclic) bond motifs is 7. The first kappa shape index (κ1) is 21.1. The van der Waals surface area contributed by atoms with Gasteiger partial charge in [0.1, 0.15) is 11.0 Å². The van der Waals surface area contributed by atoms with Crippen LogP contribution < -0.4 is 5.32 Å². The molecule has 0 amide bonds. The molecule has 0 spiro atoms. The van der Waals surface area contributed by atoms with Crippen LogP contribution in [0.2, 0.25) is 0 Å². The van der Waals surface area contributed by atoms with E-state index in [1.54, 1.807) is 12.4 Å². The maximum Gasteiger partial charge on any atom is 0.173 e. The molecule has 0 radical (unpaired) electrons. The molecular weight excluding hydrogens is 464 g/mol. The number of likely N-dealkylation sites (tertiary alicyclic amines) is 1. The molecule has 3 aromatic carbocycles. The van der Waals surface area contributed by atoms with Crippen molar-refractivity contribution in [3.05, 3.63) is 90.8 Å². The van der Waals surface area contributed by atoms with Crippen molar-refractivity contribution < 1.29 is 0 Å². The van der Waals surface area contributed by atoms with Crippen molar-refractivity contribution in [2.45, 2.75) is 12.3 Å². The molecular formula is C29H22N6S. The highest BCUT2D eigenvalue weighted by Gasteiger charge is 2.25. The normalized spacial score (nSPS) is 15.8. The molecule has 1 atom stereocenters. The lowest BCUT2D eigenvalue weighted by Gasteiger charge is -2.21. The molecule has 1 aliphatic heterocycles. The van der Waals surface area contributed by atoms with E-state index in [1.807, 2.05) is 30.3 Å². The van der Waals surface area contributed by atoms with Crippen molar-refractivity contribution in [3.63, 3.8) is 0 Å². The van der Waals surface area contributed by atoms with Crippen molar-refractivity contribution in [3.8, 4) is 0 Å². The van der Waals surface area contributed by atoms with E-state index in [2.05, 4.69) is 62.6 Å². The summed E-state index contributed by atoms with van der Waals surface area (Å²) < 4.78 is 0. The Kier molecular flexibility index (Phi) is 4.96. The molecule has 7 heteroatoms. The van der Waals surface area contributed by atoms with Crippen LogP contribution in [0.1, 0.15) is 17.9 Å². The topological polar surface area (TPSA) is 66.8 Å². The smallest absolute Gasteiger partial charge is 0.173 e. The number of hydrogen-bond acceptors (Lipinski definition) is 5. The number of rotatable bonds is 2. The minimum atomic E-state index is 0.504. The fourth-order valence-electron chi connectivity index (χ4n) is 5.23. The van der Waals surface area contributed by atoms with E-state index in [9.17, 15) is 0 Å². The number of benzene rings is 3. The van der Waals surface area contributed by atoms with Crippen LogP contribution in [0.15, 0.2) is 85.2 Å². The minimum absolute atomic E-state index is 0.504. The number of nitrogens with zero attached hydrogens (tertiary/aromatic N) is 5. The predicted molar refractivity (Wildman–Crippen MR) is 149 cm³/mol. The third kappa shape index (κ3) is 3.51. The molecule has 1 N–H and O–H groups in total. The Bertz CT molecular complexity index is 1790. The highest BCUT2D eigenvalue weighted by atomic mass is 32.1. The van der Waals surface area contributed by atoms with Gasteiger partial charge in [-0.3, -0.25) is 9.97 Å². The first-order valence-corrected chi connectivity index (χ1v) is 12.5. The van der Waals surface area contributed by atoms with Gasteiger partial charge in [0.25, 0.3) is 0 Å². The SMILES string of the molecule is S=C(Nc1ccc2nc3c4ncccc4c4cccnc4c3nc2c1)N1CC[C@H](c2ccccc2)C1. The number of anilines is 1. The van der Waals surface area contributed by atoms with Crippen LogP contribution in [0, 0.1) is 0 Å². The lowest BCUT2D eigenvalue weighted by molar-refractivity contribution is 0.518. The van der Waals surface area contributed by atoms with Crippen LogP contribution in [-0.2, 0) is 0 Å². The molecule has 174 valence electrons. The van der Waals surface area contributed by atoms with E-state index >= 15 is 0 Å². The second-order valence-corrected chi connectivity index (χ2v) is 9.58. The van der Waals surface area contributed by atoms with Gasteiger partial charge in [-0.05, 0) is 54.5 Å². The standard InChI is InChI=1S/C29H22N6S/c36-29(35-15-12-19(17-35)18-6-2-1-3-7-18)32-20-10-11-23-24(16-20)34-28-26-22(9-5-14-31-26)21-8-4-13-30-25(21)27(28)33-23/h1-11,13-14,16,19H,12,15,17H2,(H,32,36)/t19-/m0/s1. The van der Waals surface area contributed by atoms with Crippen molar-refractivity contribution in [2.24, 2.45) is 0 Å². The monoisotopic (exact) mass is 486 g/mol. The van der Waals surface area contributed by atoms with Crippen molar-refractivity contribution in [1.82, 2.24) is 24.8 Å². The molecule has 3 aromatic heterocycles. The molecule has 1 saturated heterocycles. The zero-order valence-corrected chi connectivity index (χ0v) is 20.2.